The highest BCUT2D eigenvalue weighted by molar-refractivity contribution is 5.82. The molecule has 2 aromatic rings. The van der Waals surface area contributed by atoms with Gasteiger partial charge in [-0.15, -0.1) is 0 Å². The summed E-state index contributed by atoms with van der Waals surface area (Å²) in [7, 11) is 0. The number of aryl methyl sites for hydroxylation is 1. The van der Waals surface area contributed by atoms with Crippen LogP contribution in [0.1, 0.15) is 42.3 Å². The molecule has 1 aliphatic carbocycles. The lowest BCUT2D eigenvalue weighted by molar-refractivity contribution is -0.130. The summed E-state index contributed by atoms with van der Waals surface area (Å²) < 4.78 is 13.7. The Bertz CT molecular complexity index is 736. The average molecular weight is 302 g/mol. The van der Waals surface area contributed by atoms with Crippen LogP contribution in [0.25, 0.3) is 0 Å². The van der Waals surface area contributed by atoms with Gasteiger partial charge in [0.05, 0.1) is 17.2 Å². The van der Waals surface area contributed by atoms with E-state index < -0.39 is 17.4 Å². The normalized spacial score (nSPS) is 27.5. The van der Waals surface area contributed by atoms with E-state index in [-0.39, 0.29) is 11.6 Å². The Morgan fingerprint density at radius 1 is 1.50 bits per heavy atom. The Kier molecular flexibility index (Phi) is 3.40. The number of nitrogens with one attached hydrogen (secondary N) is 1. The van der Waals surface area contributed by atoms with Crippen LogP contribution in [0.5, 0.6) is 0 Å². The highest BCUT2D eigenvalue weighted by atomic mass is 19.1. The predicted molar refractivity (Wildman–Crippen MR) is 80.1 cm³/mol. The molecular formula is C17H19FN2O2. The minimum absolute atomic E-state index is 0.106. The molecule has 0 amide bonds. The van der Waals surface area contributed by atoms with Crippen molar-refractivity contribution in [1.82, 2.24) is 10.2 Å². The lowest BCUT2D eigenvalue weighted by atomic mass is 9.64. The summed E-state index contributed by atoms with van der Waals surface area (Å²) in [6.07, 6.45) is 0.308. The van der Waals surface area contributed by atoms with E-state index in [0.29, 0.717) is 12.0 Å². The number of H-pyrrole nitrogens is 1. The molecule has 116 valence electrons. The van der Waals surface area contributed by atoms with Crippen molar-refractivity contribution in [3.8, 4) is 0 Å². The van der Waals surface area contributed by atoms with Gasteiger partial charge in [0.15, 0.2) is 0 Å². The van der Waals surface area contributed by atoms with Crippen molar-refractivity contribution in [3.63, 3.8) is 0 Å². The van der Waals surface area contributed by atoms with E-state index in [0.717, 1.165) is 17.0 Å². The van der Waals surface area contributed by atoms with Crippen molar-refractivity contribution in [1.29, 1.82) is 0 Å². The van der Waals surface area contributed by atoms with Gasteiger partial charge in [-0.25, -0.2) is 4.39 Å². The molecule has 0 fully saturated rings. The van der Waals surface area contributed by atoms with E-state index in [9.17, 15) is 14.3 Å². The van der Waals surface area contributed by atoms with Crippen LogP contribution in [0, 0.1) is 18.7 Å². The summed E-state index contributed by atoms with van der Waals surface area (Å²) >= 11 is 0. The molecule has 1 heterocycles. The summed E-state index contributed by atoms with van der Waals surface area (Å²) in [5.41, 5.74) is 1.97. The number of carbonyl (C=O) groups excluding carboxylic acids is 1. The smallest absolute Gasteiger partial charge is 0.136 e. The van der Waals surface area contributed by atoms with Crippen LogP contribution >= 0.6 is 0 Å². The Morgan fingerprint density at radius 3 is 2.86 bits per heavy atom. The van der Waals surface area contributed by atoms with E-state index >= 15 is 0 Å². The number of ketones is 1. The summed E-state index contributed by atoms with van der Waals surface area (Å²) in [6.45, 7) is 5.01. The quantitative estimate of drug-likeness (QED) is 0.896. The fourth-order valence-electron chi connectivity index (χ4n) is 3.74. The molecule has 0 unspecified atom stereocenters. The second kappa shape index (κ2) is 5.02. The van der Waals surface area contributed by atoms with Gasteiger partial charge in [0, 0.05) is 23.6 Å². The molecule has 22 heavy (non-hydrogen) atoms. The maximum atomic E-state index is 13.7. The van der Waals surface area contributed by atoms with Gasteiger partial charge in [-0.05, 0) is 38.5 Å². The van der Waals surface area contributed by atoms with Gasteiger partial charge >= 0.3 is 0 Å². The van der Waals surface area contributed by atoms with Gasteiger partial charge in [0.1, 0.15) is 11.6 Å². The zero-order valence-corrected chi connectivity index (χ0v) is 12.9. The maximum absolute atomic E-state index is 13.7. The van der Waals surface area contributed by atoms with Crippen molar-refractivity contribution >= 4 is 5.78 Å². The van der Waals surface area contributed by atoms with Gasteiger partial charge < -0.3 is 5.11 Å². The van der Waals surface area contributed by atoms with E-state index in [2.05, 4.69) is 10.2 Å². The highest BCUT2D eigenvalue weighted by Gasteiger charge is 2.48. The summed E-state index contributed by atoms with van der Waals surface area (Å²) in [4.78, 5) is 12.2. The van der Waals surface area contributed by atoms with Crippen molar-refractivity contribution in [2.24, 2.45) is 5.92 Å². The molecule has 0 saturated heterocycles. The first-order chi connectivity index (χ1) is 10.3. The third kappa shape index (κ3) is 2.25. The number of aliphatic hydroxyl groups is 1. The van der Waals surface area contributed by atoms with Crippen LogP contribution in [0.4, 0.5) is 4.39 Å². The van der Waals surface area contributed by atoms with E-state index in [1.165, 1.54) is 19.1 Å². The summed E-state index contributed by atoms with van der Waals surface area (Å²) in [5, 5.41) is 18.0. The molecule has 0 spiro atoms. The third-order valence-electron chi connectivity index (χ3n) is 4.56. The first kappa shape index (κ1) is 14.9. The highest BCUT2D eigenvalue weighted by Crippen LogP contribution is 2.46. The molecule has 1 aromatic heterocycles. The minimum atomic E-state index is -1.21. The number of fused-ring (bicyclic) bond motifs is 1. The number of hydrogen-bond donors (Lipinski definition) is 2. The number of aromatic nitrogens is 2. The number of carbonyl (C=O) groups is 1. The first-order valence-corrected chi connectivity index (χ1v) is 7.33. The molecule has 4 nitrogen and oxygen atoms in total. The van der Waals surface area contributed by atoms with E-state index in [4.69, 9.17) is 0 Å². The van der Waals surface area contributed by atoms with Crippen molar-refractivity contribution < 1.29 is 14.3 Å². The SMILES string of the molecule is CC(=O)[C@H]1[C@H](c2cccc(F)c2)c2c(n[nH]c2C)C[C@@]1(C)O. The van der Waals surface area contributed by atoms with Crippen LogP contribution in [0.15, 0.2) is 24.3 Å². The summed E-state index contributed by atoms with van der Waals surface area (Å²) in [5.74, 6) is -1.48. The number of halogens is 1. The summed E-state index contributed by atoms with van der Waals surface area (Å²) in [6, 6.07) is 6.22. The van der Waals surface area contributed by atoms with Crippen LogP contribution in [-0.4, -0.2) is 26.7 Å². The van der Waals surface area contributed by atoms with Gasteiger partial charge in [0.2, 0.25) is 0 Å². The average Bonchev–Trinajstić information content (AvgIpc) is 2.76. The molecule has 3 atom stereocenters. The molecule has 1 aromatic carbocycles. The fraction of sp³-hybridized carbons (Fsp3) is 0.412. The number of Topliss-reactive ketones (excluding diaryl/α,β-unsaturated/α-hetero) is 1. The molecule has 5 heteroatoms. The van der Waals surface area contributed by atoms with Crippen LogP contribution in [-0.2, 0) is 11.2 Å². The van der Waals surface area contributed by atoms with Gasteiger partial charge in [-0.3, -0.25) is 9.89 Å². The number of benzene rings is 1. The van der Waals surface area contributed by atoms with Crippen LogP contribution in [0.3, 0.4) is 0 Å². The molecule has 0 aliphatic heterocycles. The molecule has 0 radical (unpaired) electrons. The zero-order valence-electron chi connectivity index (χ0n) is 12.9. The molecule has 1 aliphatic rings. The lowest BCUT2D eigenvalue weighted by Gasteiger charge is -2.41. The molecule has 3 rings (SSSR count). The molecular weight excluding hydrogens is 283 g/mol. The molecule has 2 N–H and O–H groups in total. The fourth-order valence-corrected chi connectivity index (χ4v) is 3.74. The van der Waals surface area contributed by atoms with Gasteiger partial charge in [-0.1, -0.05) is 12.1 Å². The standard InChI is InChI=1S/C17H19FN2O2/c1-9-14-13(20-19-9)8-17(3,22)16(10(2)21)15(14)11-5-4-6-12(18)7-11/h4-7,15-16,22H,8H2,1-3H3,(H,19,20)/t15-,16+,17-/m1/s1. The number of hydrogen-bond acceptors (Lipinski definition) is 3. The lowest BCUT2D eigenvalue weighted by Crippen LogP contribution is -2.48. The van der Waals surface area contributed by atoms with Gasteiger partial charge in [0.25, 0.3) is 0 Å². The Hall–Kier alpha value is -2.01. The van der Waals surface area contributed by atoms with Gasteiger partial charge in [-0.2, -0.15) is 5.10 Å². The molecule has 0 bridgehead atoms. The number of aromatic amines is 1. The van der Waals surface area contributed by atoms with E-state index in [1.807, 2.05) is 6.92 Å². The van der Waals surface area contributed by atoms with Crippen molar-refractivity contribution in [3.05, 3.63) is 52.6 Å². The Balaban J connectivity index is 2.25. The van der Waals surface area contributed by atoms with Crippen molar-refractivity contribution in [2.45, 2.75) is 38.7 Å². The zero-order chi connectivity index (χ0) is 16.1. The Morgan fingerprint density at radius 2 is 2.23 bits per heavy atom. The second-order valence-electron chi connectivity index (χ2n) is 6.36. The van der Waals surface area contributed by atoms with Crippen molar-refractivity contribution in [2.75, 3.05) is 0 Å². The van der Waals surface area contributed by atoms with Crippen LogP contribution < -0.4 is 0 Å². The van der Waals surface area contributed by atoms with Crippen LogP contribution in [0.2, 0.25) is 0 Å². The molecule has 0 saturated carbocycles. The second-order valence-corrected chi connectivity index (χ2v) is 6.36. The van der Waals surface area contributed by atoms with E-state index in [1.54, 1.807) is 19.1 Å². The first-order valence-electron chi connectivity index (χ1n) is 7.33. The number of rotatable bonds is 2. The third-order valence-corrected chi connectivity index (χ3v) is 4.56. The number of nitrogens with zero attached hydrogens (tertiary/aromatic N) is 1. The minimum Gasteiger partial charge on any atom is -0.389 e. The Labute approximate surface area is 128 Å². The predicted octanol–water partition coefficient (Wildman–Crippen LogP) is 2.50. The topological polar surface area (TPSA) is 66.0 Å². The maximum Gasteiger partial charge on any atom is 0.136 e. The largest absolute Gasteiger partial charge is 0.389 e. The monoisotopic (exact) mass is 302 g/mol.